The van der Waals surface area contributed by atoms with E-state index in [1.54, 1.807) is 0 Å². The van der Waals surface area contributed by atoms with Crippen molar-refractivity contribution in [2.45, 2.75) is 4.90 Å². The highest BCUT2D eigenvalue weighted by molar-refractivity contribution is 7.80. The van der Waals surface area contributed by atoms with Gasteiger partial charge < -0.3 is 9.80 Å². The number of rotatable bonds is 2. The van der Waals surface area contributed by atoms with Gasteiger partial charge in [0.05, 0.1) is 15.6 Å². The summed E-state index contributed by atoms with van der Waals surface area (Å²) in [5.41, 5.74) is 1.04. The van der Waals surface area contributed by atoms with E-state index in [9.17, 15) is 4.79 Å². The summed E-state index contributed by atoms with van der Waals surface area (Å²) in [5.74, 6) is 0.0964. The van der Waals surface area contributed by atoms with Gasteiger partial charge >= 0.3 is 0 Å². The van der Waals surface area contributed by atoms with Gasteiger partial charge in [0.1, 0.15) is 0 Å². The Morgan fingerprint density at radius 2 is 1.90 bits per heavy atom. The smallest absolute Gasteiger partial charge is 0.264 e. The monoisotopic (exact) mass is 338 g/mol. The highest BCUT2D eigenvalue weighted by Gasteiger charge is 2.23. The van der Waals surface area contributed by atoms with E-state index in [0.717, 1.165) is 33.6 Å². The topological polar surface area (TPSA) is 23.6 Å². The predicted molar refractivity (Wildman–Crippen MR) is 91.1 cm³/mol. The van der Waals surface area contributed by atoms with Crippen molar-refractivity contribution in [1.29, 1.82) is 0 Å². The number of nitrogens with zero attached hydrogens (tertiary/aromatic N) is 2. The molecule has 1 aliphatic heterocycles. The van der Waals surface area contributed by atoms with Crippen LogP contribution in [0.1, 0.15) is 9.67 Å². The van der Waals surface area contributed by atoms with E-state index in [-0.39, 0.29) is 5.91 Å². The third-order valence-corrected chi connectivity index (χ3v) is 5.23. The lowest BCUT2D eigenvalue weighted by atomic mass is 10.2. The van der Waals surface area contributed by atoms with Gasteiger partial charge in [0.2, 0.25) is 0 Å². The van der Waals surface area contributed by atoms with Crippen LogP contribution < -0.4 is 4.90 Å². The van der Waals surface area contributed by atoms with Crippen molar-refractivity contribution in [2.75, 3.05) is 31.1 Å². The Bertz CT molecular complexity index is 651. The summed E-state index contributed by atoms with van der Waals surface area (Å²) in [5, 5.41) is 2.64. The molecule has 0 N–H and O–H groups in total. The molecule has 1 aliphatic rings. The van der Waals surface area contributed by atoms with Crippen molar-refractivity contribution in [3.63, 3.8) is 0 Å². The molecule has 0 spiro atoms. The molecule has 1 aromatic carbocycles. The number of piperazine rings is 1. The second kappa shape index (κ2) is 6.30. The maximum absolute atomic E-state index is 12.4. The summed E-state index contributed by atoms with van der Waals surface area (Å²) in [6.45, 7) is 3.02. The minimum Gasteiger partial charge on any atom is -0.367 e. The SMILES string of the molecule is O=C(c1cc(S)cs1)N1CCN(c2ccccc2Cl)CC1. The van der Waals surface area contributed by atoms with Crippen LogP contribution in [0.2, 0.25) is 5.02 Å². The molecule has 1 fully saturated rings. The van der Waals surface area contributed by atoms with Crippen molar-refractivity contribution >= 4 is 47.2 Å². The Balaban J connectivity index is 1.65. The van der Waals surface area contributed by atoms with Crippen molar-refractivity contribution in [3.8, 4) is 0 Å². The summed E-state index contributed by atoms with van der Waals surface area (Å²) in [6.07, 6.45) is 0. The molecule has 21 heavy (non-hydrogen) atoms. The molecule has 1 saturated heterocycles. The molecule has 3 rings (SSSR count). The number of hydrogen-bond donors (Lipinski definition) is 1. The lowest BCUT2D eigenvalue weighted by Crippen LogP contribution is -2.48. The summed E-state index contributed by atoms with van der Waals surface area (Å²) >= 11 is 11.9. The van der Waals surface area contributed by atoms with E-state index in [4.69, 9.17) is 11.6 Å². The molecular formula is C15H15ClN2OS2. The molecule has 0 aliphatic carbocycles. The maximum Gasteiger partial charge on any atom is 0.264 e. The first-order chi connectivity index (χ1) is 10.1. The quantitative estimate of drug-likeness (QED) is 0.845. The fourth-order valence-electron chi connectivity index (χ4n) is 2.45. The van der Waals surface area contributed by atoms with Gasteiger partial charge in [-0.05, 0) is 18.2 Å². The van der Waals surface area contributed by atoms with Crippen LogP contribution in [0.5, 0.6) is 0 Å². The molecular weight excluding hydrogens is 324 g/mol. The molecule has 2 aromatic rings. The first-order valence-corrected chi connectivity index (χ1v) is 8.42. The maximum atomic E-state index is 12.4. The summed E-state index contributed by atoms with van der Waals surface area (Å²) in [6, 6.07) is 9.66. The van der Waals surface area contributed by atoms with Gasteiger partial charge in [0, 0.05) is 36.5 Å². The van der Waals surface area contributed by atoms with E-state index in [1.807, 2.05) is 40.6 Å². The highest BCUT2D eigenvalue weighted by atomic mass is 35.5. The second-order valence-electron chi connectivity index (χ2n) is 4.90. The molecule has 1 amide bonds. The van der Waals surface area contributed by atoms with Crippen molar-refractivity contribution in [1.82, 2.24) is 4.90 Å². The van der Waals surface area contributed by atoms with Gasteiger partial charge in [-0.25, -0.2) is 0 Å². The van der Waals surface area contributed by atoms with Crippen LogP contribution in [-0.2, 0) is 0 Å². The molecule has 0 saturated carbocycles. The van der Waals surface area contributed by atoms with Crippen LogP contribution in [0.25, 0.3) is 0 Å². The van der Waals surface area contributed by atoms with E-state index in [0.29, 0.717) is 13.1 Å². The van der Waals surface area contributed by atoms with Crippen molar-refractivity contribution in [2.24, 2.45) is 0 Å². The number of carbonyl (C=O) groups is 1. The van der Waals surface area contributed by atoms with Gasteiger partial charge in [-0.1, -0.05) is 23.7 Å². The van der Waals surface area contributed by atoms with Crippen molar-refractivity contribution < 1.29 is 4.79 Å². The molecule has 0 atom stereocenters. The van der Waals surface area contributed by atoms with Crippen LogP contribution in [0, 0.1) is 0 Å². The molecule has 1 aromatic heterocycles. The summed E-state index contributed by atoms with van der Waals surface area (Å²) in [7, 11) is 0. The fourth-order valence-corrected chi connectivity index (χ4v) is 3.82. The lowest BCUT2D eigenvalue weighted by molar-refractivity contribution is 0.0751. The fraction of sp³-hybridized carbons (Fsp3) is 0.267. The number of hydrogen-bond acceptors (Lipinski definition) is 4. The van der Waals surface area contributed by atoms with Crippen LogP contribution in [0.4, 0.5) is 5.69 Å². The summed E-state index contributed by atoms with van der Waals surface area (Å²) < 4.78 is 0. The molecule has 3 nitrogen and oxygen atoms in total. The van der Waals surface area contributed by atoms with Gasteiger partial charge in [0.25, 0.3) is 5.91 Å². The average Bonchev–Trinajstić information content (AvgIpc) is 2.94. The van der Waals surface area contributed by atoms with Crippen LogP contribution in [0.15, 0.2) is 40.6 Å². The van der Waals surface area contributed by atoms with Gasteiger partial charge in [-0.2, -0.15) is 0 Å². The molecule has 6 heteroatoms. The number of thiol groups is 1. The van der Waals surface area contributed by atoms with Crippen molar-refractivity contribution in [3.05, 3.63) is 45.6 Å². The Labute approximate surface area is 138 Å². The molecule has 0 radical (unpaired) electrons. The van der Waals surface area contributed by atoms with E-state index in [1.165, 1.54) is 11.3 Å². The average molecular weight is 339 g/mol. The number of benzene rings is 1. The minimum atomic E-state index is 0.0964. The number of amides is 1. The van der Waals surface area contributed by atoms with Gasteiger partial charge in [-0.15, -0.1) is 24.0 Å². The Morgan fingerprint density at radius 3 is 2.52 bits per heavy atom. The summed E-state index contributed by atoms with van der Waals surface area (Å²) in [4.78, 5) is 18.1. The zero-order chi connectivity index (χ0) is 14.8. The standard InChI is InChI=1S/C15H15ClN2OS2/c16-12-3-1-2-4-13(12)17-5-7-18(8-6-17)15(19)14-9-11(20)10-21-14/h1-4,9-10,20H,5-8H2. The van der Waals surface area contributed by atoms with Crippen LogP contribution >= 0.6 is 35.6 Å². The zero-order valence-corrected chi connectivity index (χ0v) is 13.8. The zero-order valence-electron chi connectivity index (χ0n) is 11.3. The van der Waals surface area contributed by atoms with E-state index >= 15 is 0 Å². The first-order valence-electron chi connectivity index (χ1n) is 6.71. The predicted octanol–water partition coefficient (Wildman–Crippen LogP) is 3.65. The molecule has 2 heterocycles. The number of para-hydroxylation sites is 1. The first kappa shape index (κ1) is 14.8. The number of halogens is 1. The van der Waals surface area contributed by atoms with Crippen LogP contribution in [0.3, 0.4) is 0 Å². The molecule has 110 valence electrons. The minimum absolute atomic E-state index is 0.0964. The third kappa shape index (κ3) is 3.20. The largest absolute Gasteiger partial charge is 0.367 e. The molecule has 0 unspecified atom stereocenters. The van der Waals surface area contributed by atoms with E-state index in [2.05, 4.69) is 17.5 Å². The molecule has 0 bridgehead atoms. The third-order valence-electron chi connectivity index (χ3n) is 3.56. The normalized spacial score (nSPS) is 15.3. The number of anilines is 1. The highest BCUT2D eigenvalue weighted by Crippen LogP contribution is 2.26. The van der Waals surface area contributed by atoms with Gasteiger partial charge in [0.15, 0.2) is 0 Å². The van der Waals surface area contributed by atoms with Gasteiger partial charge in [-0.3, -0.25) is 4.79 Å². The Hall–Kier alpha value is -1.17. The Morgan fingerprint density at radius 1 is 1.19 bits per heavy atom. The number of carbonyl (C=O) groups excluding carboxylic acids is 1. The number of thiophene rings is 1. The second-order valence-corrected chi connectivity index (χ2v) is 6.73. The van der Waals surface area contributed by atoms with E-state index < -0.39 is 0 Å². The van der Waals surface area contributed by atoms with Crippen LogP contribution in [-0.4, -0.2) is 37.0 Å². The Kier molecular flexibility index (Phi) is 4.42. The lowest BCUT2D eigenvalue weighted by Gasteiger charge is -2.36.